The van der Waals surface area contributed by atoms with Crippen molar-refractivity contribution in [2.75, 3.05) is 6.61 Å². The molecule has 0 aromatic rings. The summed E-state index contributed by atoms with van der Waals surface area (Å²) in [5, 5.41) is 12.8. The molecule has 0 bridgehead atoms. The highest BCUT2D eigenvalue weighted by atomic mass is 16.3. The predicted molar refractivity (Wildman–Crippen MR) is 51.1 cm³/mol. The molecule has 0 amide bonds. The van der Waals surface area contributed by atoms with Crippen LogP contribution in [-0.2, 0) is 0 Å². The maximum Gasteiger partial charge on any atom is 0.0616 e. The van der Waals surface area contributed by atoms with Crippen molar-refractivity contribution in [2.45, 2.75) is 52.1 Å². The molecule has 0 aliphatic heterocycles. The molecule has 1 rings (SSSR count). The van der Waals surface area contributed by atoms with Crippen LogP contribution in [0.1, 0.15) is 40.5 Å². The van der Waals surface area contributed by atoms with Gasteiger partial charge in [0.25, 0.3) is 0 Å². The van der Waals surface area contributed by atoms with Gasteiger partial charge in [-0.2, -0.15) is 0 Å². The van der Waals surface area contributed by atoms with E-state index >= 15 is 0 Å². The van der Waals surface area contributed by atoms with Crippen molar-refractivity contribution >= 4 is 0 Å². The van der Waals surface area contributed by atoms with Gasteiger partial charge in [0.1, 0.15) is 0 Å². The Bertz CT molecular complexity index is 163. The molecule has 0 spiro atoms. The van der Waals surface area contributed by atoms with Gasteiger partial charge in [0.15, 0.2) is 0 Å². The van der Waals surface area contributed by atoms with Gasteiger partial charge in [-0.15, -0.1) is 0 Å². The van der Waals surface area contributed by atoms with Crippen LogP contribution in [0.25, 0.3) is 0 Å². The van der Waals surface area contributed by atoms with Gasteiger partial charge in [0, 0.05) is 11.6 Å². The Morgan fingerprint density at radius 3 is 2.25 bits per heavy atom. The average Bonchev–Trinajstić information content (AvgIpc) is 2.68. The minimum atomic E-state index is -0.0822. The molecule has 0 heterocycles. The molecule has 1 aliphatic carbocycles. The van der Waals surface area contributed by atoms with E-state index in [-0.39, 0.29) is 12.1 Å². The van der Waals surface area contributed by atoms with E-state index in [9.17, 15) is 5.11 Å². The Kier molecular flexibility index (Phi) is 2.50. The number of hydrogen-bond acceptors (Lipinski definition) is 2. The van der Waals surface area contributed by atoms with E-state index in [1.807, 2.05) is 0 Å². The Hall–Kier alpha value is -0.0800. The predicted octanol–water partition coefficient (Wildman–Crippen LogP) is 1.54. The molecule has 12 heavy (non-hydrogen) atoms. The molecule has 2 nitrogen and oxygen atoms in total. The molecule has 0 aromatic carbocycles. The highest BCUT2D eigenvalue weighted by Gasteiger charge is 2.52. The molecule has 0 saturated heterocycles. The summed E-state index contributed by atoms with van der Waals surface area (Å²) in [7, 11) is 0. The van der Waals surface area contributed by atoms with Gasteiger partial charge in [0.05, 0.1) is 6.61 Å². The first-order valence-corrected chi connectivity index (χ1v) is 4.82. The quantitative estimate of drug-likeness (QED) is 0.672. The van der Waals surface area contributed by atoms with E-state index < -0.39 is 0 Å². The van der Waals surface area contributed by atoms with Gasteiger partial charge in [-0.3, -0.25) is 0 Å². The monoisotopic (exact) mass is 171 g/mol. The average molecular weight is 171 g/mol. The SMILES string of the molecule is CC(C)NC(C)(CO)C1(C)CC1. The van der Waals surface area contributed by atoms with E-state index in [0.717, 1.165) is 0 Å². The lowest BCUT2D eigenvalue weighted by molar-refractivity contribution is 0.105. The van der Waals surface area contributed by atoms with Crippen LogP contribution in [0.5, 0.6) is 0 Å². The largest absolute Gasteiger partial charge is 0.394 e. The van der Waals surface area contributed by atoms with E-state index in [2.05, 4.69) is 33.0 Å². The van der Waals surface area contributed by atoms with Crippen LogP contribution >= 0.6 is 0 Å². The molecule has 2 N–H and O–H groups in total. The molecular formula is C10H21NO. The van der Waals surface area contributed by atoms with Crippen LogP contribution in [0.2, 0.25) is 0 Å². The van der Waals surface area contributed by atoms with Gasteiger partial charge in [-0.05, 0) is 25.2 Å². The second-order valence-electron chi connectivity index (χ2n) is 4.85. The topological polar surface area (TPSA) is 32.3 Å². The fourth-order valence-electron chi connectivity index (χ4n) is 1.79. The second kappa shape index (κ2) is 3.00. The molecular weight excluding hydrogens is 150 g/mol. The number of nitrogens with one attached hydrogen (secondary N) is 1. The summed E-state index contributed by atoms with van der Waals surface area (Å²) >= 11 is 0. The maximum atomic E-state index is 9.35. The van der Waals surface area contributed by atoms with Crippen LogP contribution in [0.3, 0.4) is 0 Å². The molecule has 1 saturated carbocycles. The van der Waals surface area contributed by atoms with E-state index in [1.165, 1.54) is 12.8 Å². The first-order chi connectivity index (χ1) is 5.43. The normalized spacial score (nSPS) is 25.5. The van der Waals surface area contributed by atoms with E-state index in [1.54, 1.807) is 0 Å². The first-order valence-electron chi connectivity index (χ1n) is 4.82. The summed E-state index contributed by atoms with van der Waals surface area (Å²) in [6.07, 6.45) is 2.48. The summed E-state index contributed by atoms with van der Waals surface area (Å²) in [4.78, 5) is 0. The fourth-order valence-corrected chi connectivity index (χ4v) is 1.79. The van der Waals surface area contributed by atoms with Crippen LogP contribution in [0.15, 0.2) is 0 Å². The zero-order valence-corrected chi connectivity index (χ0v) is 8.65. The zero-order chi connectivity index (χ0) is 9.41. The summed E-state index contributed by atoms with van der Waals surface area (Å²) in [5.74, 6) is 0. The molecule has 1 aliphatic rings. The molecule has 72 valence electrons. The Balaban J connectivity index is 2.62. The minimum Gasteiger partial charge on any atom is -0.394 e. The molecule has 0 aromatic heterocycles. The van der Waals surface area contributed by atoms with Crippen LogP contribution in [0.4, 0.5) is 0 Å². The third-order valence-corrected chi connectivity index (χ3v) is 3.26. The molecule has 1 atom stereocenters. The summed E-state index contributed by atoms with van der Waals surface area (Å²) in [5.41, 5.74) is 0.243. The fraction of sp³-hybridized carbons (Fsp3) is 1.00. The van der Waals surface area contributed by atoms with Crippen molar-refractivity contribution in [1.82, 2.24) is 5.32 Å². The first kappa shape index (κ1) is 10.0. The summed E-state index contributed by atoms with van der Waals surface area (Å²) in [6.45, 7) is 8.86. The lowest BCUT2D eigenvalue weighted by atomic mass is 9.84. The van der Waals surface area contributed by atoms with Crippen molar-refractivity contribution in [1.29, 1.82) is 0 Å². The van der Waals surface area contributed by atoms with Gasteiger partial charge < -0.3 is 10.4 Å². The standard InChI is InChI=1S/C10H21NO/c1-8(2)11-10(4,7-12)9(3)5-6-9/h8,11-12H,5-7H2,1-4H3. The minimum absolute atomic E-state index is 0.0822. The second-order valence-corrected chi connectivity index (χ2v) is 4.85. The van der Waals surface area contributed by atoms with Crippen molar-refractivity contribution in [3.05, 3.63) is 0 Å². The zero-order valence-electron chi connectivity index (χ0n) is 8.65. The molecule has 1 unspecified atom stereocenters. The Morgan fingerprint density at radius 2 is 2.00 bits per heavy atom. The number of rotatable bonds is 4. The number of hydrogen-bond donors (Lipinski definition) is 2. The highest BCUT2D eigenvalue weighted by molar-refractivity contribution is 5.08. The molecule has 0 radical (unpaired) electrons. The van der Waals surface area contributed by atoms with E-state index in [0.29, 0.717) is 11.5 Å². The molecule has 2 heteroatoms. The van der Waals surface area contributed by atoms with Crippen molar-refractivity contribution in [2.24, 2.45) is 5.41 Å². The van der Waals surface area contributed by atoms with Crippen LogP contribution in [-0.4, -0.2) is 23.3 Å². The van der Waals surface area contributed by atoms with Gasteiger partial charge >= 0.3 is 0 Å². The summed E-state index contributed by atoms with van der Waals surface area (Å²) < 4.78 is 0. The number of aliphatic hydroxyl groups excluding tert-OH is 1. The lowest BCUT2D eigenvalue weighted by Crippen LogP contribution is -2.54. The Morgan fingerprint density at radius 1 is 1.50 bits per heavy atom. The van der Waals surface area contributed by atoms with Crippen LogP contribution < -0.4 is 5.32 Å². The van der Waals surface area contributed by atoms with Gasteiger partial charge in [-0.25, -0.2) is 0 Å². The Labute approximate surface area is 75.4 Å². The van der Waals surface area contributed by atoms with Crippen molar-refractivity contribution in [3.8, 4) is 0 Å². The van der Waals surface area contributed by atoms with Crippen molar-refractivity contribution in [3.63, 3.8) is 0 Å². The van der Waals surface area contributed by atoms with Crippen molar-refractivity contribution < 1.29 is 5.11 Å². The maximum absolute atomic E-state index is 9.35. The highest BCUT2D eigenvalue weighted by Crippen LogP contribution is 2.53. The summed E-state index contributed by atoms with van der Waals surface area (Å²) in [6, 6.07) is 0.444. The van der Waals surface area contributed by atoms with Gasteiger partial charge in [-0.1, -0.05) is 20.8 Å². The van der Waals surface area contributed by atoms with Gasteiger partial charge in [0.2, 0.25) is 0 Å². The third-order valence-electron chi connectivity index (χ3n) is 3.26. The molecule has 1 fully saturated rings. The smallest absolute Gasteiger partial charge is 0.0616 e. The number of aliphatic hydroxyl groups is 1. The lowest BCUT2D eigenvalue weighted by Gasteiger charge is -2.37. The van der Waals surface area contributed by atoms with Crippen LogP contribution in [0, 0.1) is 5.41 Å². The van der Waals surface area contributed by atoms with E-state index in [4.69, 9.17) is 0 Å². The third kappa shape index (κ3) is 1.64.